The standard InChI is InChI=1S/C58H38N4/c1-4-18-40(19-5-1)45-24-10-11-27-48(45)57-60-55(41-20-6-2-7-21-41)59-56(61-57)42-34-32-39(33-35-42)43-36-37-52-54(38-43)62(44-22-8-3-9-23-44)53-31-17-16-30-51(53)58(52)49-28-14-12-25-46(49)47-26-13-15-29-50(47)58/h1-38H. The van der Waals surface area contributed by atoms with Gasteiger partial charge in [-0.05, 0) is 79.9 Å². The van der Waals surface area contributed by atoms with Crippen LogP contribution in [0.25, 0.3) is 67.5 Å². The van der Waals surface area contributed by atoms with Gasteiger partial charge in [-0.25, -0.2) is 15.0 Å². The minimum Gasteiger partial charge on any atom is -0.310 e. The van der Waals surface area contributed by atoms with Gasteiger partial charge in [0.2, 0.25) is 0 Å². The van der Waals surface area contributed by atoms with Gasteiger partial charge in [0.05, 0.1) is 16.8 Å². The predicted octanol–water partition coefficient (Wildman–Crippen LogP) is 14.4. The van der Waals surface area contributed by atoms with Crippen LogP contribution < -0.4 is 4.90 Å². The lowest BCUT2D eigenvalue weighted by Crippen LogP contribution is -2.36. The summed E-state index contributed by atoms with van der Waals surface area (Å²) in [5.74, 6) is 1.90. The number of hydrogen-bond donors (Lipinski definition) is 0. The highest BCUT2D eigenvalue weighted by atomic mass is 15.2. The fraction of sp³-hybridized carbons (Fsp3) is 0.0172. The molecule has 1 aromatic heterocycles. The third kappa shape index (κ3) is 5.58. The maximum absolute atomic E-state index is 5.16. The van der Waals surface area contributed by atoms with Crippen LogP contribution in [0.4, 0.5) is 17.1 Å². The quantitative estimate of drug-likeness (QED) is 0.168. The zero-order chi connectivity index (χ0) is 41.0. The molecule has 10 aromatic rings. The van der Waals surface area contributed by atoms with E-state index >= 15 is 0 Å². The number of anilines is 3. The van der Waals surface area contributed by atoms with E-state index in [4.69, 9.17) is 15.0 Å². The first-order valence-electron chi connectivity index (χ1n) is 21.1. The Kier molecular flexibility index (Phi) is 8.36. The SMILES string of the molecule is c1ccc(-c2nc(-c3ccc(-c4ccc5c(c4)N(c4ccccc4)c4ccccc4C54c5ccccc5-c5ccccc54)cc3)nc(-c3ccccc3-c3ccccc3)n2)cc1. The molecular formula is C58H38N4. The van der Waals surface area contributed by atoms with E-state index in [0.717, 1.165) is 50.3 Å². The summed E-state index contributed by atoms with van der Waals surface area (Å²) < 4.78 is 0. The monoisotopic (exact) mass is 790 g/mol. The molecule has 0 unspecified atom stereocenters. The molecule has 290 valence electrons. The lowest BCUT2D eigenvalue weighted by molar-refractivity contribution is 0.753. The first kappa shape index (κ1) is 35.7. The largest absolute Gasteiger partial charge is 0.310 e. The Morgan fingerprint density at radius 3 is 1.35 bits per heavy atom. The third-order valence-corrected chi connectivity index (χ3v) is 12.6. The minimum atomic E-state index is -0.487. The summed E-state index contributed by atoms with van der Waals surface area (Å²) in [6.45, 7) is 0. The van der Waals surface area contributed by atoms with E-state index in [1.807, 2.05) is 30.3 Å². The van der Waals surface area contributed by atoms with Crippen molar-refractivity contribution in [2.45, 2.75) is 5.41 Å². The van der Waals surface area contributed by atoms with Crippen molar-refractivity contribution in [3.63, 3.8) is 0 Å². The van der Waals surface area contributed by atoms with Crippen LogP contribution in [0, 0.1) is 0 Å². The normalized spacial score (nSPS) is 12.9. The van der Waals surface area contributed by atoms with Gasteiger partial charge in [-0.1, -0.05) is 206 Å². The molecule has 0 bridgehead atoms. The first-order chi connectivity index (χ1) is 30.8. The van der Waals surface area contributed by atoms with Crippen LogP contribution >= 0.6 is 0 Å². The predicted molar refractivity (Wildman–Crippen MR) is 253 cm³/mol. The second kappa shape index (κ2) is 14.5. The van der Waals surface area contributed by atoms with Crippen molar-refractivity contribution in [3.05, 3.63) is 253 Å². The molecule has 0 amide bonds. The molecule has 12 rings (SSSR count). The molecule has 0 fully saturated rings. The molecule has 0 N–H and O–H groups in total. The van der Waals surface area contributed by atoms with Crippen molar-refractivity contribution < 1.29 is 0 Å². The summed E-state index contributed by atoms with van der Waals surface area (Å²) in [5.41, 5.74) is 18.0. The number of rotatable bonds is 6. The Bertz CT molecular complexity index is 3240. The lowest BCUT2D eigenvalue weighted by Gasteiger charge is -2.45. The molecule has 4 nitrogen and oxygen atoms in total. The molecular weight excluding hydrogens is 753 g/mol. The minimum absolute atomic E-state index is 0.487. The van der Waals surface area contributed by atoms with Crippen LogP contribution in [0.1, 0.15) is 22.3 Å². The van der Waals surface area contributed by atoms with Crippen molar-refractivity contribution in [3.8, 4) is 67.5 Å². The van der Waals surface area contributed by atoms with Gasteiger partial charge in [0.25, 0.3) is 0 Å². The zero-order valence-electron chi connectivity index (χ0n) is 33.7. The molecule has 1 aliphatic carbocycles. The molecule has 2 aliphatic rings. The van der Waals surface area contributed by atoms with E-state index in [2.05, 4.69) is 205 Å². The van der Waals surface area contributed by atoms with Gasteiger partial charge < -0.3 is 4.90 Å². The van der Waals surface area contributed by atoms with Crippen LogP contribution in [-0.4, -0.2) is 15.0 Å². The van der Waals surface area contributed by atoms with Gasteiger partial charge in [0.15, 0.2) is 17.5 Å². The smallest absolute Gasteiger partial charge is 0.164 e. The van der Waals surface area contributed by atoms with Gasteiger partial charge in [0, 0.05) is 22.4 Å². The Hall–Kier alpha value is -8.21. The number of hydrogen-bond acceptors (Lipinski definition) is 4. The summed E-state index contributed by atoms with van der Waals surface area (Å²) in [5, 5.41) is 0. The number of fused-ring (bicyclic) bond motifs is 9. The van der Waals surface area contributed by atoms with Crippen molar-refractivity contribution in [1.29, 1.82) is 0 Å². The maximum Gasteiger partial charge on any atom is 0.164 e. The third-order valence-electron chi connectivity index (χ3n) is 12.6. The van der Waals surface area contributed by atoms with E-state index in [9.17, 15) is 0 Å². The van der Waals surface area contributed by atoms with E-state index in [-0.39, 0.29) is 0 Å². The van der Waals surface area contributed by atoms with Crippen LogP contribution in [0.15, 0.2) is 231 Å². The highest BCUT2D eigenvalue weighted by Crippen LogP contribution is 2.63. The molecule has 0 saturated heterocycles. The second-order valence-corrected chi connectivity index (χ2v) is 15.9. The van der Waals surface area contributed by atoms with Crippen LogP contribution in [-0.2, 0) is 5.41 Å². The molecule has 4 heteroatoms. The van der Waals surface area contributed by atoms with Gasteiger partial charge in [-0.3, -0.25) is 0 Å². The average molecular weight is 791 g/mol. The Morgan fingerprint density at radius 1 is 0.274 bits per heavy atom. The van der Waals surface area contributed by atoms with Gasteiger partial charge in [-0.15, -0.1) is 0 Å². The highest BCUT2D eigenvalue weighted by Gasteiger charge is 2.51. The number of aromatic nitrogens is 3. The molecule has 0 saturated carbocycles. The summed E-state index contributed by atoms with van der Waals surface area (Å²) in [6, 6.07) is 82.3. The lowest BCUT2D eigenvalue weighted by atomic mass is 9.64. The van der Waals surface area contributed by atoms with Crippen molar-refractivity contribution >= 4 is 17.1 Å². The van der Waals surface area contributed by atoms with Crippen molar-refractivity contribution in [2.75, 3.05) is 4.90 Å². The van der Waals surface area contributed by atoms with E-state index < -0.39 is 5.41 Å². The van der Waals surface area contributed by atoms with Gasteiger partial charge in [0.1, 0.15) is 0 Å². The fourth-order valence-corrected chi connectivity index (χ4v) is 9.85. The van der Waals surface area contributed by atoms with Crippen LogP contribution in [0.2, 0.25) is 0 Å². The van der Waals surface area contributed by atoms with E-state index in [0.29, 0.717) is 17.5 Å². The Morgan fingerprint density at radius 2 is 0.710 bits per heavy atom. The number of nitrogens with zero attached hydrogens (tertiary/aromatic N) is 4. The summed E-state index contributed by atoms with van der Waals surface area (Å²) >= 11 is 0. The first-order valence-corrected chi connectivity index (χ1v) is 21.1. The average Bonchev–Trinajstić information content (AvgIpc) is 3.65. The number of benzene rings is 9. The van der Waals surface area contributed by atoms with E-state index in [1.165, 1.54) is 39.1 Å². The Balaban J connectivity index is 1.01. The molecule has 62 heavy (non-hydrogen) atoms. The summed E-state index contributed by atoms with van der Waals surface area (Å²) in [4.78, 5) is 17.8. The van der Waals surface area contributed by atoms with Gasteiger partial charge >= 0.3 is 0 Å². The van der Waals surface area contributed by atoms with E-state index in [1.54, 1.807) is 0 Å². The van der Waals surface area contributed by atoms with Crippen LogP contribution in [0.3, 0.4) is 0 Å². The molecule has 9 aromatic carbocycles. The van der Waals surface area contributed by atoms with Gasteiger partial charge in [-0.2, -0.15) is 0 Å². The molecule has 0 atom stereocenters. The zero-order valence-corrected chi connectivity index (χ0v) is 33.7. The summed E-state index contributed by atoms with van der Waals surface area (Å²) in [6.07, 6.45) is 0. The summed E-state index contributed by atoms with van der Waals surface area (Å²) in [7, 11) is 0. The topological polar surface area (TPSA) is 41.9 Å². The molecule has 0 radical (unpaired) electrons. The van der Waals surface area contributed by atoms with Crippen molar-refractivity contribution in [2.24, 2.45) is 0 Å². The molecule has 1 aliphatic heterocycles. The maximum atomic E-state index is 5.16. The van der Waals surface area contributed by atoms with Crippen molar-refractivity contribution in [1.82, 2.24) is 15.0 Å². The highest BCUT2D eigenvalue weighted by molar-refractivity contribution is 5.97. The molecule has 1 spiro atoms. The Labute approximate surface area is 361 Å². The number of para-hydroxylation sites is 2. The fourth-order valence-electron chi connectivity index (χ4n) is 9.85. The second-order valence-electron chi connectivity index (χ2n) is 15.9. The molecule has 2 heterocycles. The van der Waals surface area contributed by atoms with Crippen LogP contribution in [0.5, 0.6) is 0 Å².